The quantitative estimate of drug-likeness (QED) is 0.109. The highest BCUT2D eigenvalue weighted by Gasteiger charge is 2.50. The molecule has 0 bridgehead atoms. The molecule has 0 radical (unpaired) electrons. The van der Waals surface area contributed by atoms with Crippen molar-refractivity contribution >= 4 is 65.4 Å². The number of fused-ring (bicyclic) bond motifs is 19. The van der Waals surface area contributed by atoms with E-state index in [9.17, 15) is 0 Å². The number of hydrogen-bond donors (Lipinski definition) is 0. The van der Waals surface area contributed by atoms with Gasteiger partial charge in [-0.05, 0) is 224 Å². The highest BCUT2D eigenvalue weighted by molar-refractivity contribution is 6.18. The summed E-state index contributed by atoms with van der Waals surface area (Å²) in [5, 5.41) is 7.24. The lowest BCUT2D eigenvalue weighted by atomic mass is 9.67. The van der Waals surface area contributed by atoms with E-state index in [4.69, 9.17) is 0 Å². The molecule has 0 saturated carbocycles. The number of rotatable bonds is 13. The number of benzene rings is 20. The van der Waals surface area contributed by atoms with Crippen LogP contribution in [0.3, 0.4) is 0 Å². The van der Waals surface area contributed by atoms with Crippen LogP contribution < -0.4 is 0 Å². The van der Waals surface area contributed by atoms with Crippen molar-refractivity contribution in [3.8, 4) is 95.0 Å². The van der Waals surface area contributed by atoms with Gasteiger partial charge in [0.15, 0.2) is 0 Å². The van der Waals surface area contributed by atoms with Gasteiger partial charge in [-0.15, -0.1) is 0 Å². The van der Waals surface area contributed by atoms with Crippen LogP contribution in [0, 0.1) is 0 Å². The van der Waals surface area contributed by atoms with Crippen LogP contribution in [0.1, 0.15) is 66.8 Å². The average Bonchev–Trinajstić information content (AvgIpc) is 1.53. The highest BCUT2D eigenvalue weighted by Crippen LogP contribution is 2.63. The Morgan fingerprint density at radius 3 is 0.905 bits per heavy atom. The first-order valence-corrected chi connectivity index (χ1v) is 43.9. The Bertz CT molecular complexity index is 7940. The predicted octanol–water partition coefficient (Wildman–Crippen LogP) is 30.7. The maximum absolute atomic E-state index is 2.57. The predicted molar refractivity (Wildman–Crippen MR) is 523 cm³/mol. The average molecular weight is 1600 g/mol. The Kier molecular flexibility index (Phi) is 15.9. The van der Waals surface area contributed by atoms with Crippen molar-refractivity contribution in [3.63, 3.8) is 0 Å². The van der Waals surface area contributed by atoms with Crippen molar-refractivity contribution < 1.29 is 0 Å². The molecule has 3 nitrogen and oxygen atoms in total. The first-order valence-electron chi connectivity index (χ1n) is 43.9. The molecule has 1 atom stereocenters. The molecule has 1 unspecified atom stereocenters. The van der Waals surface area contributed by atoms with E-state index in [-0.39, 0.29) is 0 Å². The number of para-hydroxylation sites is 3. The van der Waals surface area contributed by atoms with E-state index >= 15 is 0 Å². The van der Waals surface area contributed by atoms with E-state index in [1.54, 1.807) is 0 Å². The van der Waals surface area contributed by atoms with Gasteiger partial charge in [-0.3, -0.25) is 0 Å². The molecule has 586 valence electrons. The van der Waals surface area contributed by atoms with Gasteiger partial charge in [-0.1, -0.05) is 394 Å². The summed E-state index contributed by atoms with van der Waals surface area (Å²) in [6.45, 7) is 0. The van der Waals surface area contributed by atoms with Crippen molar-refractivity contribution in [2.45, 2.75) is 16.2 Å². The second-order valence-corrected chi connectivity index (χ2v) is 34.4. The van der Waals surface area contributed by atoms with Crippen LogP contribution in [-0.2, 0) is 16.2 Å². The fraction of sp³-hybridized carbons (Fsp3) is 0.0244. The molecule has 0 amide bonds. The molecule has 3 aliphatic rings. The number of nitrogens with zero attached hydrogens (tertiary/aromatic N) is 3. The zero-order valence-corrected chi connectivity index (χ0v) is 69.0. The summed E-state index contributed by atoms with van der Waals surface area (Å²) in [6, 6.07) is 181. The van der Waals surface area contributed by atoms with Crippen molar-refractivity contribution in [1.29, 1.82) is 0 Å². The van der Waals surface area contributed by atoms with Crippen LogP contribution in [0.4, 0.5) is 0 Å². The van der Waals surface area contributed by atoms with Crippen molar-refractivity contribution in [1.82, 2.24) is 13.7 Å². The minimum absolute atomic E-state index is 0.579. The van der Waals surface area contributed by atoms with E-state index in [0.717, 1.165) is 61.4 Å². The van der Waals surface area contributed by atoms with E-state index in [1.807, 2.05) is 0 Å². The van der Waals surface area contributed by atoms with Crippen LogP contribution >= 0.6 is 0 Å². The zero-order chi connectivity index (χ0) is 82.8. The summed E-state index contributed by atoms with van der Waals surface area (Å²) in [4.78, 5) is 0. The normalized spacial score (nSPS) is 14.3. The Morgan fingerprint density at radius 1 is 0.143 bits per heavy atom. The summed E-state index contributed by atoms with van der Waals surface area (Å²) >= 11 is 0. The molecule has 3 heteroatoms. The van der Waals surface area contributed by atoms with Crippen molar-refractivity contribution in [2.75, 3.05) is 0 Å². The lowest BCUT2D eigenvalue weighted by molar-refractivity contribution is 0.769. The number of aromatic nitrogens is 3. The molecule has 0 aliphatic heterocycles. The monoisotopic (exact) mass is 1600 g/mol. The van der Waals surface area contributed by atoms with Gasteiger partial charge < -0.3 is 13.7 Å². The lowest BCUT2D eigenvalue weighted by Gasteiger charge is -2.34. The van der Waals surface area contributed by atoms with Gasteiger partial charge in [0.1, 0.15) is 0 Å². The van der Waals surface area contributed by atoms with Crippen LogP contribution in [0.25, 0.3) is 160 Å². The van der Waals surface area contributed by atoms with Crippen molar-refractivity contribution in [2.24, 2.45) is 0 Å². The molecule has 126 heavy (non-hydrogen) atoms. The molecular formula is C123H79N3. The molecule has 0 saturated heterocycles. The Balaban J connectivity index is 0.680. The second-order valence-electron chi connectivity index (χ2n) is 34.4. The van der Waals surface area contributed by atoms with E-state index < -0.39 is 16.2 Å². The molecule has 0 N–H and O–H groups in total. The fourth-order valence-electron chi connectivity index (χ4n) is 23.1. The van der Waals surface area contributed by atoms with Gasteiger partial charge in [0, 0.05) is 54.9 Å². The first kappa shape index (κ1) is 71.5. The maximum Gasteiger partial charge on any atom is 0.0714 e. The summed E-state index contributed by atoms with van der Waals surface area (Å²) in [5.41, 5.74) is 40.0. The van der Waals surface area contributed by atoms with Gasteiger partial charge in [-0.25, -0.2) is 0 Å². The molecule has 3 heterocycles. The largest absolute Gasteiger partial charge is 0.309 e. The van der Waals surface area contributed by atoms with Gasteiger partial charge >= 0.3 is 0 Å². The summed E-state index contributed by atoms with van der Waals surface area (Å²) in [7, 11) is 0. The zero-order valence-electron chi connectivity index (χ0n) is 69.0. The molecule has 26 rings (SSSR count). The van der Waals surface area contributed by atoms with Crippen LogP contribution in [0.2, 0.25) is 0 Å². The van der Waals surface area contributed by atoms with E-state index in [1.165, 1.54) is 166 Å². The second kappa shape index (κ2) is 27.9. The molecule has 3 aromatic heterocycles. The molecule has 0 fully saturated rings. The summed E-state index contributed by atoms with van der Waals surface area (Å²) < 4.78 is 7.71. The Labute approximate surface area is 731 Å². The Hall–Kier alpha value is -16.2. The first-order chi connectivity index (χ1) is 62.5. The smallest absolute Gasteiger partial charge is 0.0714 e. The van der Waals surface area contributed by atoms with Crippen molar-refractivity contribution in [3.05, 3.63) is 546 Å². The summed E-state index contributed by atoms with van der Waals surface area (Å²) in [6.07, 6.45) is 0. The maximum atomic E-state index is 2.57. The lowest BCUT2D eigenvalue weighted by Crippen LogP contribution is -2.28. The van der Waals surface area contributed by atoms with Crippen LogP contribution in [-0.4, -0.2) is 13.7 Å². The molecule has 20 aromatic carbocycles. The molecular weight excluding hydrogens is 1520 g/mol. The third-order valence-corrected chi connectivity index (χ3v) is 28.2. The summed E-state index contributed by atoms with van der Waals surface area (Å²) in [5.74, 6) is 0. The van der Waals surface area contributed by atoms with Gasteiger partial charge in [0.25, 0.3) is 0 Å². The van der Waals surface area contributed by atoms with Crippen LogP contribution in [0.5, 0.6) is 0 Å². The topological polar surface area (TPSA) is 14.8 Å². The van der Waals surface area contributed by atoms with E-state index in [0.29, 0.717) is 0 Å². The molecule has 0 spiro atoms. The minimum Gasteiger partial charge on any atom is -0.309 e. The highest BCUT2D eigenvalue weighted by atomic mass is 15.0. The number of hydrogen-bond acceptors (Lipinski definition) is 0. The third-order valence-electron chi connectivity index (χ3n) is 28.2. The Morgan fingerprint density at radius 2 is 0.460 bits per heavy atom. The van der Waals surface area contributed by atoms with Crippen LogP contribution in [0.15, 0.2) is 479 Å². The molecule has 23 aromatic rings. The fourth-order valence-corrected chi connectivity index (χ4v) is 23.1. The van der Waals surface area contributed by atoms with Gasteiger partial charge in [-0.2, -0.15) is 0 Å². The molecule has 3 aliphatic carbocycles. The third kappa shape index (κ3) is 10.2. The van der Waals surface area contributed by atoms with Gasteiger partial charge in [0.05, 0.1) is 49.3 Å². The standard InChI is InChI=1S/C123H79N3/c1-8-35-80(36-9-1)85-69-86(81-37-10-2-11-38-81)72-94(71-85)126-116-62-33-25-53-99(116)102-67-68-111-119(120(102)126)103-56-24-30-59-110(103)123(111,92-48-20-7-21-49-92)93-50-34-39-84(70-93)82-63-65-83(66-64-82)87-73-95(124-114-60-31-26-54-100(114)106-76-112-104(78-117(106)124)97-51-22-28-57-108(97)121(112,88-40-12-3-13-41-88)89-42-14-4-15-43-89)75-96(74-87)125-115-61-32-27-55-101(115)107-77-113-105(79-118(107)125)98-52-23-29-58-109(98)122(113,90-44-16-5-17-45-90)91-46-18-6-19-47-91/h1-79H. The van der Waals surface area contributed by atoms with E-state index in [2.05, 4.69) is 493 Å². The van der Waals surface area contributed by atoms with Gasteiger partial charge in [0.2, 0.25) is 0 Å². The SMILES string of the molecule is c1ccc(-c2cc(-c3ccccc3)cc(-n3c4ccccc4c4ccc5c(c43)-c3ccccc3C5(c3ccccc3)c3cccc(-c4ccc(-c5cc(-n6c7ccccc7c7cc8c(cc76)-c6ccccc6C8(c6ccccc6)c6ccccc6)cc(-n6c7ccccc7c7cc8c(cc76)-c6ccccc6C8(c6ccccc6)c6ccccc6)c5)cc4)c3)c2)cc1. The minimum atomic E-state index is -0.719.